The van der Waals surface area contributed by atoms with Crippen molar-refractivity contribution in [2.45, 2.75) is 4.90 Å². The minimum Gasteiger partial charge on any atom is -0.282 e. The number of benzene rings is 2. The van der Waals surface area contributed by atoms with Crippen molar-refractivity contribution in [2.24, 2.45) is 0 Å². The van der Waals surface area contributed by atoms with Crippen molar-refractivity contribution in [3.05, 3.63) is 41.4 Å². The van der Waals surface area contributed by atoms with Crippen LogP contribution in [0.5, 0.6) is 0 Å². The van der Waals surface area contributed by atoms with Crippen LogP contribution in [0.25, 0.3) is 10.8 Å². The van der Waals surface area contributed by atoms with Gasteiger partial charge in [0.1, 0.15) is 0 Å². The molecule has 2 aromatic carbocycles. The molecule has 0 saturated carbocycles. The van der Waals surface area contributed by atoms with Crippen LogP contribution in [-0.4, -0.2) is 64.4 Å². The number of halogens is 1. The van der Waals surface area contributed by atoms with Gasteiger partial charge in [-0.3, -0.25) is 4.55 Å². The molecule has 0 saturated heterocycles. The minimum absolute atomic E-state index is 0. The van der Waals surface area contributed by atoms with Gasteiger partial charge in [0.15, 0.2) is 0 Å². The molecule has 1 radical (unpaired) electrons. The summed E-state index contributed by atoms with van der Waals surface area (Å²) in [6, 6.07) is 9.45. The normalized spacial score (nSPS) is 11.1. The Kier molecular flexibility index (Phi) is 4.97. The smallest absolute Gasteiger partial charge is 0.282 e. The molecule has 79 valence electrons. The third kappa shape index (κ3) is 3.05. The van der Waals surface area contributed by atoms with E-state index in [4.69, 9.17) is 16.2 Å². The van der Waals surface area contributed by atoms with E-state index in [-0.39, 0.29) is 56.3 Å². The quantitative estimate of drug-likeness (QED) is 0.645. The fourth-order valence-corrected chi connectivity index (χ4v) is 2.14. The largest absolute Gasteiger partial charge is 0.294 e. The average Bonchev–Trinajstić information content (AvgIpc) is 2.16. The summed E-state index contributed by atoms with van der Waals surface area (Å²) < 4.78 is 30.6. The van der Waals surface area contributed by atoms with Crippen LogP contribution in [0.2, 0.25) is 5.02 Å². The van der Waals surface area contributed by atoms with Crippen LogP contribution in [0.3, 0.4) is 0 Å². The van der Waals surface area contributed by atoms with E-state index in [1.54, 1.807) is 24.3 Å². The molecule has 0 atom stereocenters. The van der Waals surface area contributed by atoms with Gasteiger partial charge < -0.3 is 0 Å². The molecule has 0 aliphatic carbocycles. The first-order valence-corrected chi connectivity index (χ1v) is 5.96. The molecule has 2 aromatic rings. The van der Waals surface area contributed by atoms with Crippen LogP contribution in [0.1, 0.15) is 0 Å². The van der Waals surface area contributed by atoms with Crippen molar-refractivity contribution in [2.75, 3.05) is 0 Å². The second-order valence-electron chi connectivity index (χ2n) is 3.10. The summed E-state index contributed by atoms with van der Waals surface area (Å²) in [5.74, 6) is 0. The number of hydrogen-bond donors (Lipinski definition) is 1. The molecule has 0 spiro atoms. The van der Waals surface area contributed by atoms with E-state index in [9.17, 15) is 8.42 Å². The van der Waals surface area contributed by atoms with Gasteiger partial charge in [0.2, 0.25) is 0 Å². The third-order valence-corrected chi connectivity index (χ3v) is 3.28. The average molecular weight is 282 g/mol. The Labute approximate surface area is 141 Å². The van der Waals surface area contributed by atoms with Crippen molar-refractivity contribution in [1.82, 2.24) is 0 Å². The van der Waals surface area contributed by atoms with Crippen LogP contribution in [0.4, 0.5) is 0 Å². The second kappa shape index (κ2) is 5.45. The van der Waals surface area contributed by atoms with Crippen molar-refractivity contribution in [3.63, 3.8) is 0 Å². The number of fused-ring (bicyclic) bond motifs is 1. The molecule has 1 N–H and O–H groups in total. The van der Waals surface area contributed by atoms with Gasteiger partial charge in [0.25, 0.3) is 10.1 Å². The van der Waals surface area contributed by atoms with Crippen LogP contribution in [0, 0.1) is 0 Å². The predicted molar refractivity (Wildman–Crippen MR) is 64.5 cm³/mol. The minimum atomic E-state index is -4.15. The molecule has 0 bridgehead atoms. The van der Waals surface area contributed by atoms with Crippen molar-refractivity contribution in [3.8, 4) is 0 Å². The second-order valence-corrected chi connectivity index (χ2v) is 4.93. The zero-order valence-electron chi connectivity index (χ0n) is 8.51. The Morgan fingerprint density at radius 3 is 2.44 bits per heavy atom. The molecule has 3 nitrogen and oxygen atoms in total. The molecule has 0 unspecified atom stereocenters. The molecule has 0 aliphatic heterocycles. The molecule has 2 rings (SSSR count). The topological polar surface area (TPSA) is 54.4 Å². The van der Waals surface area contributed by atoms with Crippen LogP contribution in [-0.2, 0) is 10.1 Å². The summed E-state index contributed by atoms with van der Waals surface area (Å²) in [4.78, 5) is -0.128. The molecule has 0 aromatic heterocycles. The van der Waals surface area contributed by atoms with E-state index in [0.29, 0.717) is 10.4 Å². The van der Waals surface area contributed by atoms with Crippen LogP contribution < -0.4 is 0 Å². The summed E-state index contributed by atoms with van der Waals surface area (Å²) in [5.41, 5.74) is 0. The summed E-state index contributed by atoms with van der Waals surface area (Å²) >= 11 is 5.91. The van der Waals surface area contributed by atoms with Crippen LogP contribution in [0.15, 0.2) is 41.3 Å². The van der Waals surface area contributed by atoms with Gasteiger partial charge in [-0.25, -0.2) is 0 Å². The van der Waals surface area contributed by atoms with Gasteiger partial charge in [-0.1, -0.05) is 29.8 Å². The molecule has 16 heavy (non-hydrogen) atoms. The van der Waals surface area contributed by atoms with E-state index in [1.165, 1.54) is 12.1 Å². The van der Waals surface area contributed by atoms with Gasteiger partial charge in [-0.05, 0) is 23.6 Å². The fraction of sp³-hybridized carbons (Fsp3) is 0. The van der Waals surface area contributed by atoms with Crippen LogP contribution >= 0.6 is 11.6 Å². The Morgan fingerprint density at radius 1 is 1.12 bits per heavy atom. The van der Waals surface area contributed by atoms with E-state index in [2.05, 4.69) is 0 Å². The first-order valence-electron chi connectivity index (χ1n) is 4.14. The molecular formula is C10H7ClKO3S. The third-order valence-electron chi connectivity index (χ3n) is 2.10. The van der Waals surface area contributed by atoms with E-state index >= 15 is 0 Å². The maximum absolute atomic E-state index is 10.9. The maximum Gasteiger partial charge on any atom is 0.294 e. The summed E-state index contributed by atoms with van der Waals surface area (Å²) in [7, 11) is -4.15. The summed E-state index contributed by atoms with van der Waals surface area (Å²) in [5, 5.41) is 1.98. The fourth-order valence-electron chi connectivity index (χ4n) is 1.38. The van der Waals surface area contributed by atoms with Crippen molar-refractivity contribution < 1.29 is 13.0 Å². The standard InChI is InChI=1S/C10H7ClO3S.K/c11-10-3-1-2-7-6-8(15(12,13)14)4-5-9(7)10;/h1-6H,(H,12,13,14);. The van der Waals surface area contributed by atoms with Gasteiger partial charge in [0.05, 0.1) is 4.90 Å². The molecule has 0 aliphatic rings. The molecular weight excluding hydrogens is 275 g/mol. The molecule has 0 amide bonds. The van der Waals surface area contributed by atoms with Gasteiger partial charge in [-0.2, -0.15) is 8.42 Å². The number of rotatable bonds is 1. The van der Waals surface area contributed by atoms with Crippen molar-refractivity contribution >= 4 is 83.9 Å². The van der Waals surface area contributed by atoms with Gasteiger partial charge >= 0.3 is 0 Å². The Balaban J connectivity index is 0.00000128. The molecule has 6 heteroatoms. The number of hydrogen-bond acceptors (Lipinski definition) is 2. The SMILES string of the molecule is O=S(=O)(O)c1ccc2c(Cl)cccc2c1.[K]. The first-order chi connectivity index (χ1) is 6.98. The molecule has 0 heterocycles. The maximum atomic E-state index is 10.9. The van der Waals surface area contributed by atoms with E-state index in [0.717, 1.165) is 5.39 Å². The van der Waals surface area contributed by atoms with Crippen molar-refractivity contribution in [1.29, 1.82) is 0 Å². The predicted octanol–water partition coefficient (Wildman–Crippen LogP) is 2.36. The Bertz CT molecular complexity index is 625. The Hall–Kier alpha value is 0.536. The van der Waals surface area contributed by atoms with Gasteiger partial charge in [0, 0.05) is 61.8 Å². The zero-order valence-corrected chi connectivity index (χ0v) is 13.2. The van der Waals surface area contributed by atoms with E-state index in [1.807, 2.05) is 0 Å². The summed E-state index contributed by atoms with van der Waals surface area (Å²) in [6.07, 6.45) is 0. The molecule has 0 fully saturated rings. The summed E-state index contributed by atoms with van der Waals surface area (Å²) in [6.45, 7) is 0. The van der Waals surface area contributed by atoms with Gasteiger partial charge in [-0.15, -0.1) is 0 Å². The Morgan fingerprint density at radius 2 is 1.81 bits per heavy atom. The zero-order chi connectivity index (χ0) is 11.1. The van der Waals surface area contributed by atoms with E-state index < -0.39 is 10.1 Å². The monoisotopic (exact) mass is 281 g/mol. The first kappa shape index (κ1) is 14.6.